The zero-order valence-electron chi connectivity index (χ0n) is 8.56. The van der Waals surface area contributed by atoms with Crippen molar-refractivity contribution in [2.45, 2.75) is 40.0 Å². The predicted molar refractivity (Wildman–Crippen MR) is 57.2 cm³/mol. The summed E-state index contributed by atoms with van der Waals surface area (Å²) >= 11 is 0. The van der Waals surface area contributed by atoms with Crippen LogP contribution in [0.4, 0.5) is 0 Å². The van der Waals surface area contributed by atoms with Crippen molar-refractivity contribution in [1.29, 1.82) is 0 Å². The molecule has 0 atom stereocenters. The Hall–Kier alpha value is -0.780. The molecule has 12 heavy (non-hydrogen) atoms. The molecule has 0 amide bonds. The lowest BCUT2D eigenvalue weighted by Gasteiger charge is -1.96. The molecule has 0 heteroatoms. The first-order chi connectivity index (χ1) is 5.66. The van der Waals surface area contributed by atoms with Crippen molar-refractivity contribution in [1.82, 2.24) is 0 Å². The maximum atomic E-state index is 3.97. The fourth-order valence-corrected chi connectivity index (χ4v) is 0.914. The van der Waals surface area contributed by atoms with Gasteiger partial charge in [0.15, 0.2) is 0 Å². The fourth-order valence-electron chi connectivity index (χ4n) is 0.914. The van der Waals surface area contributed by atoms with Crippen LogP contribution in [-0.4, -0.2) is 0 Å². The smallest absolute Gasteiger partial charge is 0.0250 e. The van der Waals surface area contributed by atoms with Crippen molar-refractivity contribution < 1.29 is 0 Å². The Labute approximate surface area is 76.7 Å². The molecule has 0 heterocycles. The molecule has 0 aliphatic rings. The zero-order chi connectivity index (χ0) is 9.40. The maximum absolute atomic E-state index is 3.97. The highest BCUT2D eigenvalue weighted by Crippen LogP contribution is 2.06. The topological polar surface area (TPSA) is 0 Å². The van der Waals surface area contributed by atoms with Crippen LogP contribution in [-0.2, 0) is 0 Å². The molecule has 0 saturated heterocycles. The van der Waals surface area contributed by atoms with Gasteiger partial charge in [0.2, 0.25) is 0 Å². The molecule has 0 radical (unpaired) electrons. The van der Waals surface area contributed by atoms with E-state index in [1.165, 1.54) is 11.1 Å². The minimum Gasteiger partial charge on any atom is -0.0958 e. The molecular weight excluding hydrogens is 144 g/mol. The highest BCUT2D eigenvalue weighted by molar-refractivity contribution is 5.14. The average Bonchev–Trinajstić information content (AvgIpc) is 2.00. The van der Waals surface area contributed by atoms with Gasteiger partial charge < -0.3 is 0 Å². The predicted octanol–water partition coefficient (Wildman–Crippen LogP) is 4.26. The highest BCUT2D eigenvalue weighted by Gasteiger charge is 1.86. The van der Waals surface area contributed by atoms with Crippen molar-refractivity contribution in [3.63, 3.8) is 0 Å². The van der Waals surface area contributed by atoms with Gasteiger partial charge in [0.1, 0.15) is 0 Å². The summed E-state index contributed by atoms with van der Waals surface area (Å²) in [6.45, 7) is 10.4. The van der Waals surface area contributed by atoms with Crippen molar-refractivity contribution in [3.05, 3.63) is 36.0 Å². The summed E-state index contributed by atoms with van der Waals surface area (Å²) in [5.74, 6) is 0. The van der Waals surface area contributed by atoms with Crippen molar-refractivity contribution in [3.8, 4) is 0 Å². The second-order valence-electron chi connectivity index (χ2n) is 3.29. The number of rotatable bonds is 5. The number of hydrogen-bond acceptors (Lipinski definition) is 0. The third-order valence-corrected chi connectivity index (χ3v) is 1.61. The standard InChI is InChI=1S/C12H20/c1-5-6-9-12(4)10-7-8-11(2)3/h6,8-9H,4-5,7,10H2,1-3H3/b9-6+. The Balaban J connectivity index is 3.58. The Morgan fingerprint density at radius 3 is 2.50 bits per heavy atom. The molecular formula is C12H20. The van der Waals surface area contributed by atoms with Crippen LogP contribution >= 0.6 is 0 Å². The van der Waals surface area contributed by atoms with Crippen molar-refractivity contribution in [2.24, 2.45) is 0 Å². The van der Waals surface area contributed by atoms with Crippen molar-refractivity contribution >= 4 is 0 Å². The molecule has 0 unspecified atom stereocenters. The SMILES string of the molecule is C=C(/C=C/CC)CCC=C(C)C. The van der Waals surface area contributed by atoms with E-state index in [9.17, 15) is 0 Å². The van der Waals surface area contributed by atoms with Crippen LogP contribution in [0.3, 0.4) is 0 Å². The summed E-state index contributed by atoms with van der Waals surface area (Å²) in [6.07, 6.45) is 9.84. The molecule has 0 nitrogen and oxygen atoms in total. The Morgan fingerprint density at radius 2 is 2.00 bits per heavy atom. The Kier molecular flexibility index (Phi) is 6.45. The first-order valence-corrected chi connectivity index (χ1v) is 4.64. The van der Waals surface area contributed by atoms with Crippen LogP contribution in [0.25, 0.3) is 0 Å². The number of allylic oxidation sites excluding steroid dienone is 5. The molecule has 0 aromatic carbocycles. The van der Waals surface area contributed by atoms with Crippen LogP contribution in [0.5, 0.6) is 0 Å². The summed E-state index contributed by atoms with van der Waals surface area (Å²) in [4.78, 5) is 0. The molecule has 0 saturated carbocycles. The van der Waals surface area contributed by atoms with Crippen LogP contribution in [0.1, 0.15) is 40.0 Å². The van der Waals surface area contributed by atoms with Crippen LogP contribution in [0.2, 0.25) is 0 Å². The van der Waals surface area contributed by atoms with Gasteiger partial charge in [0, 0.05) is 0 Å². The lowest BCUT2D eigenvalue weighted by Crippen LogP contribution is -1.75. The van der Waals surface area contributed by atoms with E-state index < -0.39 is 0 Å². The average molecular weight is 164 g/mol. The van der Waals surface area contributed by atoms with E-state index in [1.54, 1.807) is 0 Å². The summed E-state index contributed by atoms with van der Waals surface area (Å²) in [6, 6.07) is 0. The van der Waals surface area contributed by atoms with Gasteiger partial charge in [0.25, 0.3) is 0 Å². The highest BCUT2D eigenvalue weighted by atomic mass is 13.9. The molecule has 0 rings (SSSR count). The van der Waals surface area contributed by atoms with E-state index >= 15 is 0 Å². The van der Waals surface area contributed by atoms with E-state index in [-0.39, 0.29) is 0 Å². The molecule has 0 aromatic heterocycles. The molecule has 0 fully saturated rings. The first kappa shape index (κ1) is 11.2. The largest absolute Gasteiger partial charge is 0.0958 e. The van der Waals surface area contributed by atoms with Crippen molar-refractivity contribution in [2.75, 3.05) is 0 Å². The molecule has 0 aromatic rings. The molecule has 0 aliphatic heterocycles. The van der Waals surface area contributed by atoms with E-state index in [1.807, 2.05) is 0 Å². The molecule has 0 bridgehead atoms. The second kappa shape index (κ2) is 6.90. The normalized spacial score (nSPS) is 10.2. The fraction of sp³-hybridized carbons (Fsp3) is 0.500. The van der Waals surface area contributed by atoms with Crippen LogP contribution in [0, 0.1) is 0 Å². The minimum atomic E-state index is 1.08. The van der Waals surface area contributed by atoms with Gasteiger partial charge >= 0.3 is 0 Å². The van der Waals surface area contributed by atoms with E-state index in [4.69, 9.17) is 0 Å². The van der Waals surface area contributed by atoms with Crippen LogP contribution in [0.15, 0.2) is 36.0 Å². The number of hydrogen-bond donors (Lipinski definition) is 0. The van der Waals surface area contributed by atoms with Gasteiger partial charge in [-0.3, -0.25) is 0 Å². The molecule has 68 valence electrons. The van der Waals surface area contributed by atoms with Gasteiger partial charge in [-0.1, -0.05) is 42.9 Å². The van der Waals surface area contributed by atoms with Gasteiger partial charge in [-0.15, -0.1) is 0 Å². The monoisotopic (exact) mass is 164 g/mol. The van der Waals surface area contributed by atoms with E-state index in [2.05, 4.69) is 45.6 Å². The Bertz CT molecular complexity index is 178. The van der Waals surface area contributed by atoms with Gasteiger partial charge in [-0.05, 0) is 33.1 Å². The lowest BCUT2D eigenvalue weighted by atomic mass is 10.1. The van der Waals surface area contributed by atoms with Gasteiger partial charge in [0.05, 0.1) is 0 Å². The third kappa shape index (κ3) is 7.33. The summed E-state index contributed by atoms with van der Waals surface area (Å²) in [5, 5.41) is 0. The van der Waals surface area contributed by atoms with E-state index in [0.29, 0.717) is 0 Å². The quantitative estimate of drug-likeness (QED) is 0.421. The molecule has 0 aliphatic carbocycles. The summed E-state index contributed by atoms with van der Waals surface area (Å²) in [7, 11) is 0. The third-order valence-electron chi connectivity index (χ3n) is 1.61. The molecule has 0 spiro atoms. The molecule has 0 N–H and O–H groups in total. The summed E-state index contributed by atoms with van der Waals surface area (Å²) < 4.78 is 0. The second-order valence-corrected chi connectivity index (χ2v) is 3.29. The van der Waals surface area contributed by atoms with Gasteiger partial charge in [-0.25, -0.2) is 0 Å². The van der Waals surface area contributed by atoms with E-state index in [0.717, 1.165) is 19.3 Å². The maximum Gasteiger partial charge on any atom is -0.0250 e. The minimum absolute atomic E-state index is 1.08. The van der Waals surface area contributed by atoms with Gasteiger partial charge in [-0.2, -0.15) is 0 Å². The van der Waals surface area contributed by atoms with Crippen LogP contribution < -0.4 is 0 Å². The first-order valence-electron chi connectivity index (χ1n) is 4.64. The Morgan fingerprint density at radius 1 is 1.33 bits per heavy atom. The zero-order valence-corrected chi connectivity index (χ0v) is 8.56. The lowest BCUT2D eigenvalue weighted by molar-refractivity contribution is 0.995. The summed E-state index contributed by atoms with van der Waals surface area (Å²) in [5.41, 5.74) is 2.62.